The minimum atomic E-state index is -2.88. The molecule has 0 N–H and O–H groups in total. The van der Waals surface area contributed by atoms with Gasteiger partial charge in [-0.2, -0.15) is 8.78 Å². The first kappa shape index (κ1) is 15.3. The fourth-order valence-electron chi connectivity index (χ4n) is 1.59. The summed E-state index contributed by atoms with van der Waals surface area (Å²) in [5, 5.41) is 0. The smallest absolute Gasteiger partial charge is 0.315 e. The normalized spacial score (nSPS) is 11.2. The van der Waals surface area contributed by atoms with E-state index in [1.165, 1.54) is 4.90 Å². The van der Waals surface area contributed by atoms with Crippen LogP contribution in [0.4, 0.5) is 8.78 Å². The second kappa shape index (κ2) is 8.44. The van der Waals surface area contributed by atoms with Crippen LogP contribution in [0.3, 0.4) is 0 Å². The zero-order valence-electron chi connectivity index (χ0n) is 10.4. The van der Waals surface area contributed by atoms with E-state index >= 15 is 0 Å². The minimum Gasteiger partial charge on any atom is -0.338 e. The van der Waals surface area contributed by atoms with Crippen molar-refractivity contribution in [2.45, 2.75) is 33.6 Å². The number of nitrogens with zero attached hydrogens (tertiary/aromatic N) is 2. The predicted molar refractivity (Wildman–Crippen MR) is 60.7 cm³/mol. The molecule has 0 aliphatic heterocycles. The quantitative estimate of drug-likeness (QED) is 0.642. The van der Waals surface area contributed by atoms with Crippen LogP contribution in [0.25, 0.3) is 0 Å². The van der Waals surface area contributed by atoms with E-state index in [2.05, 4.69) is 18.7 Å². The van der Waals surface area contributed by atoms with Gasteiger partial charge in [0.1, 0.15) is 0 Å². The lowest BCUT2D eigenvalue weighted by Crippen LogP contribution is -2.37. The van der Waals surface area contributed by atoms with Crippen LogP contribution in [-0.4, -0.2) is 54.9 Å². The summed E-state index contributed by atoms with van der Waals surface area (Å²) in [5.41, 5.74) is 0. The molecule has 0 saturated heterocycles. The Morgan fingerprint density at radius 1 is 1.06 bits per heavy atom. The highest BCUT2D eigenvalue weighted by atomic mass is 19.3. The SMILES string of the molecule is CCN(CC)CCCN(CC)C(=O)C(F)F. The summed E-state index contributed by atoms with van der Waals surface area (Å²) >= 11 is 0. The van der Waals surface area contributed by atoms with Crippen molar-refractivity contribution in [3.63, 3.8) is 0 Å². The average Bonchev–Trinajstić information content (AvgIpc) is 2.28. The van der Waals surface area contributed by atoms with Crippen molar-refractivity contribution in [3.05, 3.63) is 0 Å². The van der Waals surface area contributed by atoms with Crippen LogP contribution in [0.15, 0.2) is 0 Å². The number of alkyl halides is 2. The van der Waals surface area contributed by atoms with Crippen molar-refractivity contribution in [1.29, 1.82) is 0 Å². The molecule has 0 atom stereocenters. The van der Waals surface area contributed by atoms with Crippen molar-refractivity contribution >= 4 is 5.91 Å². The van der Waals surface area contributed by atoms with E-state index in [-0.39, 0.29) is 0 Å². The maximum absolute atomic E-state index is 12.2. The number of carbonyl (C=O) groups excluding carboxylic acids is 1. The van der Waals surface area contributed by atoms with Crippen molar-refractivity contribution in [1.82, 2.24) is 9.80 Å². The molecular formula is C11H22F2N2O. The molecular weight excluding hydrogens is 214 g/mol. The molecule has 3 nitrogen and oxygen atoms in total. The lowest BCUT2D eigenvalue weighted by molar-refractivity contribution is -0.142. The number of amides is 1. The van der Waals surface area contributed by atoms with Crippen molar-refractivity contribution in [2.75, 3.05) is 32.7 Å². The Balaban J connectivity index is 3.92. The van der Waals surface area contributed by atoms with Gasteiger partial charge in [-0.1, -0.05) is 13.8 Å². The van der Waals surface area contributed by atoms with E-state index in [1.807, 2.05) is 0 Å². The van der Waals surface area contributed by atoms with Crippen molar-refractivity contribution in [2.24, 2.45) is 0 Å². The molecule has 0 aliphatic rings. The topological polar surface area (TPSA) is 23.6 Å². The number of halogens is 2. The highest BCUT2D eigenvalue weighted by molar-refractivity contribution is 5.79. The van der Waals surface area contributed by atoms with Crippen LogP contribution < -0.4 is 0 Å². The lowest BCUT2D eigenvalue weighted by atomic mass is 10.3. The van der Waals surface area contributed by atoms with Gasteiger partial charge >= 0.3 is 6.43 Å². The fraction of sp³-hybridized carbons (Fsp3) is 0.909. The molecule has 0 rings (SSSR count). The summed E-state index contributed by atoms with van der Waals surface area (Å²) in [7, 11) is 0. The van der Waals surface area contributed by atoms with Gasteiger partial charge in [0.15, 0.2) is 0 Å². The van der Waals surface area contributed by atoms with Gasteiger partial charge in [-0.05, 0) is 33.0 Å². The van der Waals surface area contributed by atoms with Gasteiger partial charge in [0.25, 0.3) is 5.91 Å². The van der Waals surface area contributed by atoms with Gasteiger partial charge in [0, 0.05) is 13.1 Å². The van der Waals surface area contributed by atoms with Gasteiger partial charge in [-0.25, -0.2) is 0 Å². The number of hydrogen-bond acceptors (Lipinski definition) is 2. The summed E-state index contributed by atoms with van der Waals surface area (Å²) in [6.07, 6.45) is -2.14. The van der Waals surface area contributed by atoms with Gasteiger partial charge < -0.3 is 9.80 Å². The first-order valence-corrected chi connectivity index (χ1v) is 5.86. The third-order valence-corrected chi connectivity index (χ3v) is 2.68. The molecule has 16 heavy (non-hydrogen) atoms. The zero-order chi connectivity index (χ0) is 12.6. The molecule has 0 fully saturated rings. The zero-order valence-corrected chi connectivity index (χ0v) is 10.4. The molecule has 5 heteroatoms. The molecule has 0 aromatic carbocycles. The Morgan fingerprint density at radius 2 is 1.62 bits per heavy atom. The van der Waals surface area contributed by atoms with Gasteiger partial charge in [0.2, 0.25) is 0 Å². The molecule has 0 saturated carbocycles. The predicted octanol–water partition coefficient (Wildman–Crippen LogP) is 1.83. The van der Waals surface area contributed by atoms with E-state index in [4.69, 9.17) is 0 Å². The first-order chi connectivity index (χ1) is 7.56. The lowest BCUT2D eigenvalue weighted by Gasteiger charge is -2.23. The van der Waals surface area contributed by atoms with Crippen LogP contribution in [0, 0.1) is 0 Å². The van der Waals surface area contributed by atoms with E-state index in [0.717, 1.165) is 26.1 Å². The number of carbonyl (C=O) groups is 1. The average molecular weight is 236 g/mol. The van der Waals surface area contributed by atoms with Crippen LogP contribution in [0.1, 0.15) is 27.2 Å². The molecule has 0 aromatic rings. The largest absolute Gasteiger partial charge is 0.338 e. The second-order valence-corrected chi connectivity index (χ2v) is 3.60. The number of rotatable bonds is 8. The van der Waals surface area contributed by atoms with Crippen LogP contribution in [-0.2, 0) is 4.79 Å². The molecule has 1 amide bonds. The molecule has 96 valence electrons. The molecule has 0 bridgehead atoms. The van der Waals surface area contributed by atoms with Gasteiger partial charge in [-0.3, -0.25) is 4.79 Å². The third-order valence-electron chi connectivity index (χ3n) is 2.68. The minimum absolute atomic E-state index is 0.349. The highest BCUT2D eigenvalue weighted by Gasteiger charge is 2.21. The maximum Gasteiger partial charge on any atom is 0.315 e. The Kier molecular flexibility index (Phi) is 8.07. The van der Waals surface area contributed by atoms with Crippen molar-refractivity contribution in [3.8, 4) is 0 Å². The third kappa shape index (κ3) is 5.39. The number of hydrogen-bond donors (Lipinski definition) is 0. The summed E-state index contributed by atoms with van der Waals surface area (Å²) in [5.74, 6) is -1.05. The Hall–Kier alpha value is -0.710. The summed E-state index contributed by atoms with van der Waals surface area (Å²) in [6, 6.07) is 0. The van der Waals surface area contributed by atoms with E-state index < -0.39 is 12.3 Å². The van der Waals surface area contributed by atoms with Crippen LogP contribution in [0.2, 0.25) is 0 Å². The van der Waals surface area contributed by atoms with Gasteiger partial charge in [0.05, 0.1) is 0 Å². The molecule has 0 radical (unpaired) electrons. The Bertz CT molecular complexity index is 196. The Labute approximate surface area is 96.4 Å². The molecule has 0 spiro atoms. The van der Waals surface area contributed by atoms with E-state index in [9.17, 15) is 13.6 Å². The van der Waals surface area contributed by atoms with E-state index in [1.54, 1.807) is 6.92 Å². The summed E-state index contributed by atoms with van der Waals surface area (Å²) in [4.78, 5) is 14.5. The maximum atomic E-state index is 12.2. The van der Waals surface area contributed by atoms with E-state index in [0.29, 0.717) is 13.1 Å². The first-order valence-electron chi connectivity index (χ1n) is 5.86. The highest BCUT2D eigenvalue weighted by Crippen LogP contribution is 2.02. The van der Waals surface area contributed by atoms with Crippen LogP contribution >= 0.6 is 0 Å². The Morgan fingerprint density at radius 3 is 2.00 bits per heavy atom. The standard InChI is InChI=1S/C11H22F2N2O/c1-4-14(5-2)8-7-9-15(6-3)11(16)10(12)13/h10H,4-9H2,1-3H3. The summed E-state index contributed by atoms with van der Waals surface area (Å²) in [6.45, 7) is 9.35. The summed E-state index contributed by atoms with van der Waals surface area (Å²) < 4.78 is 24.4. The monoisotopic (exact) mass is 236 g/mol. The van der Waals surface area contributed by atoms with Crippen molar-refractivity contribution < 1.29 is 13.6 Å². The molecule has 0 unspecified atom stereocenters. The van der Waals surface area contributed by atoms with Crippen LogP contribution in [0.5, 0.6) is 0 Å². The fourth-order valence-corrected chi connectivity index (χ4v) is 1.59. The molecule has 0 aliphatic carbocycles. The second-order valence-electron chi connectivity index (χ2n) is 3.60. The molecule has 0 heterocycles. The van der Waals surface area contributed by atoms with Gasteiger partial charge in [-0.15, -0.1) is 0 Å². The molecule has 0 aromatic heterocycles.